The molecule has 0 aliphatic rings. The molecule has 1 heterocycles. The van der Waals surface area contributed by atoms with Gasteiger partial charge >= 0.3 is 0 Å². The monoisotopic (exact) mass is 325 g/mol. The zero-order chi connectivity index (χ0) is 13.9. The molecule has 0 saturated carbocycles. The van der Waals surface area contributed by atoms with Gasteiger partial charge in [0.1, 0.15) is 0 Å². The Hall–Kier alpha value is -1.87. The SMILES string of the molecule is [CH2]c1cc(-c2cccc(Br)c2)n(Cc2ccccc2)n1. The molecular formula is C17H14BrN2. The van der Waals surface area contributed by atoms with E-state index >= 15 is 0 Å². The van der Waals surface area contributed by atoms with Gasteiger partial charge in [0.2, 0.25) is 0 Å². The first kappa shape index (κ1) is 13.1. The summed E-state index contributed by atoms with van der Waals surface area (Å²) in [5, 5.41) is 4.50. The van der Waals surface area contributed by atoms with E-state index in [-0.39, 0.29) is 0 Å². The highest BCUT2D eigenvalue weighted by Crippen LogP contribution is 2.24. The predicted octanol–water partition coefficient (Wildman–Crippen LogP) is 4.54. The van der Waals surface area contributed by atoms with Crippen molar-refractivity contribution in [2.45, 2.75) is 6.54 Å². The molecular weight excluding hydrogens is 312 g/mol. The van der Waals surface area contributed by atoms with Crippen molar-refractivity contribution in [1.82, 2.24) is 9.78 Å². The highest BCUT2D eigenvalue weighted by atomic mass is 79.9. The quantitative estimate of drug-likeness (QED) is 0.691. The highest BCUT2D eigenvalue weighted by Gasteiger charge is 2.08. The molecule has 3 rings (SSSR count). The smallest absolute Gasteiger partial charge is 0.0689 e. The maximum Gasteiger partial charge on any atom is 0.0689 e. The van der Waals surface area contributed by atoms with Crippen molar-refractivity contribution in [3.8, 4) is 11.3 Å². The summed E-state index contributed by atoms with van der Waals surface area (Å²) in [5.41, 5.74) is 4.24. The standard InChI is InChI=1S/C17H14BrN2/c1-13-10-17(15-8-5-9-16(18)11-15)20(19-13)12-14-6-3-2-4-7-14/h2-11H,1,12H2. The van der Waals surface area contributed by atoms with Gasteiger partial charge in [-0.2, -0.15) is 5.10 Å². The first-order valence-electron chi connectivity index (χ1n) is 6.42. The molecule has 0 spiro atoms. The lowest BCUT2D eigenvalue weighted by Crippen LogP contribution is -2.03. The second-order valence-corrected chi connectivity index (χ2v) is 5.59. The Kier molecular flexibility index (Phi) is 3.70. The van der Waals surface area contributed by atoms with Crippen LogP contribution in [-0.2, 0) is 6.54 Å². The Bertz CT molecular complexity index is 717. The van der Waals surface area contributed by atoms with Crippen molar-refractivity contribution in [3.05, 3.63) is 83.3 Å². The van der Waals surface area contributed by atoms with Gasteiger partial charge in [-0.15, -0.1) is 0 Å². The molecule has 0 N–H and O–H groups in total. The molecule has 0 fully saturated rings. The van der Waals surface area contributed by atoms with Gasteiger partial charge in [-0.05, 0) is 30.7 Å². The summed E-state index contributed by atoms with van der Waals surface area (Å²) in [7, 11) is 0. The summed E-state index contributed by atoms with van der Waals surface area (Å²) in [6.07, 6.45) is 0. The van der Waals surface area contributed by atoms with Crippen LogP contribution in [0.5, 0.6) is 0 Å². The van der Waals surface area contributed by atoms with Crippen LogP contribution in [0.15, 0.2) is 65.1 Å². The third-order valence-electron chi connectivity index (χ3n) is 3.13. The van der Waals surface area contributed by atoms with Crippen LogP contribution in [0.4, 0.5) is 0 Å². The second-order valence-electron chi connectivity index (χ2n) is 4.67. The minimum atomic E-state index is 0.748. The summed E-state index contributed by atoms with van der Waals surface area (Å²) in [6.45, 7) is 4.70. The summed E-state index contributed by atoms with van der Waals surface area (Å²) >= 11 is 3.51. The Morgan fingerprint density at radius 3 is 2.55 bits per heavy atom. The van der Waals surface area contributed by atoms with Crippen LogP contribution in [0.3, 0.4) is 0 Å². The van der Waals surface area contributed by atoms with Crippen LogP contribution in [0.1, 0.15) is 11.3 Å². The zero-order valence-corrected chi connectivity index (χ0v) is 12.5. The molecule has 2 nitrogen and oxygen atoms in total. The Balaban J connectivity index is 2.00. The topological polar surface area (TPSA) is 17.8 Å². The van der Waals surface area contributed by atoms with E-state index in [1.165, 1.54) is 5.56 Å². The van der Waals surface area contributed by atoms with E-state index in [4.69, 9.17) is 0 Å². The number of nitrogens with zero attached hydrogens (tertiary/aromatic N) is 2. The average Bonchev–Trinajstić information content (AvgIpc) is 2.81. The molecule has 0 bridgehead atoms. The molecule has 0 amide bonds. The molecule has 1 radical (unpaired) electrons. The Labute approximate surface area is 127 Å². The first-order chi connectivity index (χ1) is 9.72. The highest BCUT2D eigenvalue weighted by molar-refractivity contribution is 9.10. The average molecular weight is 326 g/mol. The summed E-state index contributed by atoms with van der Waals surface area (Å²) in [5.74, 6) is 0. The van der Waals surface area contributed by atoms with Gasteiger partial charge in [-0.3, -0.25) is 4.68 Å². The van der Waals surface area contributed by atoms with E-state index < -0.39 is 0 Å². The lowest BCUT2D eigenvalue weighted by molar-refractivity contribution is 0.690. The number of hydrogen-bond donors (Lipinski definition) is 0. The van der Waals surface area contributed by atoms with Crippen molar-refractivity contribution in [2.24, 2.45) is 0 Å². The molecule has 0 unspecified atom stereocenters. The lowest BCUT2D eigenvalue weighted by atomic mass is 10.1. The van der Waals surface area contributed by atoms with Crippen LogP contribution in [0.2, 0.25) is 0 Å². The maximum absolute atomic E-state index is 4.50. The molecule has 0 atom stereocenters. The van der Waals surface area contributed by atoms with Crippen molar-refractivity contribution >= 4 is 15.9 Å². The molecule has 3 heteroatoms. The van der Waals surface area contributed by atoms with Gasteiger partial charge in [0, 0.05) is 10.0 Å². The lowest BCUT2D eigenvalue weighted by Gasteiger charge is -2.08. The maximum atomic E-state index is 4.50. The van der Waals surface area contributed by atoms with Gasteiger partial charge < -0.3 is 0 Å². The fourth-order valence-corrected chi connectivity index (χ4v) is 2.63. The first-order valence-corrected chi connectivity index (χ1v) is 7.21. The van der Waals surface area contributed by atoms with E-state index in [0.717, 1.165) is 28.0 Å². The van der Waals surface area contributed by atoms with Gasteiger partial charge in [0.25, 0.3) is 0 Å². The van der Waals surface area contributed by atoms with Gasteiger partial charge in [0.15, 0.2) is 0 Å². The molecule has 0 saturated heterocycles. The third kappa shape index (κ3) is 2.83. The van der Waals surface area contributed by atoms with Gasteiger partial charge in [-0.1, -0.05) is 58.4 Å². The minimum Gasteiger partial charge on any atom is -0.260 e. The van der Waals surface area contributed by atoms with Crippen LogP contribution in [-0.4, -0.2) is 9.78 Å². The van der Waals surface area contributed by atoms with Crippen molar-refractivity contribution in [3.63, 3.8) is 0 Å². The number of aromatic nitrogens is 2. The van der Waals surface area contributed by atoms with E-state index in [0.29, 0.717) is 0 Å². The fourth-order valence-electron chi connectivity index (χ4n) is 2.23. The van der Waals surface area contributed by atoms with Crippen molar-refractivity contribution in [1.29, 1.82) is 0 Å². The van der Waals surface area contributed by atoms with Gasteiger partial charge in [-0.25, -0.2) is 0 Å². The summed E-state index contributed by atoms with van der Waals surface area (Å²) in [4.78, 5) is 0. The molecule has 20 heavy (non-hydrogen) atoms. The van der Waals surface area contributed by atoms with Crippen molar-refractivity contribution in [2.75, 3.05) is 0 Å². The number of halogens is 1. The van der Waals surface area contributed by atoms with E-state index in [1.807, 2.05) is 41.1 Å². The van der Waals surface area contributed by atoms with Gasteiger partial charge in [0.05, 0.1) is 17.9 Å². The summed E-state index contributed by atoms with van der Waals surface area (Å²) < 4.78 is 3.06. The van der Waals surface area contributed by atoms with Crippen LogP contribution in [0, 0.1) is 6.92 Å². The number of benzene rings is 2. The van der Waals surface area contributed by atoms with Crippen LogP contribution in [0.25, 0.3) is 11.3 Å². The Morgan fingerprint density at radius 1 is 1.00 bits per heavy atom. The zero-order valence-electron chi connectivity index (χ0n) is 11.0. The third-order valence-corrected chi connectivity index (χ3v) is 3.62. The number of hydrogen-bond acceptors (Lipinski definition) is 1. The summed E-state index contributed by atoms with van der Waals surface area (Å²) in [6, 6.07) is 20.6. The largest absolute Gasteiger partial charge is 0.260 e. The molecule has 0 aliphatic carbocycles. The van der Waals surface area contributed by atoms with E-state index in [2.05, 4.69) is 52.2 Å². The second kappa shape index (κ2) is 5.63. The normalized spacial score (nSPS) is 10.7. The predicted molar refractivity (Wildman–Crippen MR) is 85.4 cm³/mol. The number of rotatable bonds is 3. The molecule has 1 aromatic heterocycles. The van der Waals surface area contributed by atoms with Crippen LogP contribution < -0.4 is 0 Å². The van der Waals surface area contributed by atoms with E-state index in [1.54, 1.807) is 0 Å². The Morgan fingerprint density at radius 2 is 1.80 bits per heavy atom. The molecule has 2 aromatic carbocycles. The molecule has 99 valence electrons. The molecule has 0 aliphatic heterocycles. The van der Waals surface area contributed by atoms with E-state index in [9.17, 15) is 0 Å². The van der Waals surface area contributed by atoms with Crippen LogP contribution >= 0.6 is 15.9 Å². The molecule has 3 aromatic rings. The fraction of sp³-hybridized carbons (Fsp3) is 0.0588. The van der Waals surface area contributed by atoms with Crippen molar-refractivity contribution < 1.29 is 0 Å². The minimum absolute atomic E-state index is 0.748.